The molecule has 0 amide bonds. The van der Waals surface area contributed by atoms with Crippen molar-refractivity contribution in [3.8, 4) is 0 Å². The van der Waals surface area contributed by atoms with Gasteiger partial charge >= 0.3 is 0 Å². The van der Waals surface area contributed by atoms with Gasteiger partial charge in [-0.2, -0.15) is 0 Å². The van der Waals surface area contributed by atoms with Gasteiger partial charge in [-0.3, -0.25) is 10.1 Å². The number of rotatable bonds is 6. The lowest BCUT2D eigenvalue weighted by molar-refractivity contribution is -0.384. The second-order valence-electron chi connectivity index (χ2n) is 5.74. The number of nitrogens with zero attached hydrogens (tertiary/aromatic N) is 2. The largest absolute Gasteiger partial charge is 0.385 e. The average Bonchev–Trinajstić information content (AvgIpc) is 2.48. The van der Waals surface area contributed by atoms with Gasteiger partial charge in [0.05, 0.1) is 4.92 Å². The third kappa shape index (κ3) is 4.09. The van der Waals surface area contributed by atoms with Crippen molar-refractivity contribution in [3.63, 3.8) is 0 Å². The van der Waals surface area contributed by atoms with E-state index in [1.165, 1.54) is 25.7 Å². The standard InChI is InChI=1S/C16H25N3O2/c1-3-5-13-6-8-18(9-7-13)15-10-14(17-4-2)11-16(12-15)19(20)21/h10-13,17H,3-9H2,1-2H3. The maximum absolute atomic E-state index is 11.1. The summed E-state index contributed by atoms with van der Waals surface area (Å²) >= 11 is 0. The lowest BCUT2D eigenvalue weighted by Crippen LogP contribution is -2.33. The minimum absolute atomic E-state index is 0.166. The predicted octanol–water partition coefficient (Wildman–Crippen LogP) is 4.04. The Kier molecular flexibility index (Phi) is 5.42. The lowest BCUT2D eigenvalue weighted by Gasteiger charge is -2.33. The first kappa shape index (κ1) is 15.6. The molecule has 0 radical (unpaired) electrons. The molecule has 1 aliphatic heterocycles. The van der Waals surface area contributed by atoms with Crippen LogP contribution in [-0.4, -0.2) is 24.6 Å². The Morgan fingerprint density at radius 2 is 2.00 bits per heavy atom. The van der Waals surface area contributed by atoms with Crippen LogP contribution in [0.15, 0.2) is 18.2 Å². The molecular weight excluding hydrogens is 266 g/mol. The molecule has 0 bridgehead atoms. The molecule has 116 valence electrons. The van der Waals surface area contributed by atoms with E-state index >= 15 is 0 Å². The molecule has 0 aromatic heterocycles. The van der Waals surface area contributed by atoms with Gasteiger partial charge in [0.25, 0.3) is 5.69 Å². The highest BCUT2D eigenvalue weighted by molar-refractivity contribution is 5.64. The summed E-state index contributed by atoms with van der Waals surface area (Å²) < 4.78 is 0. The minimum atomic E-state index is -0.311. The second kappa shape index (κ2) is 7.29. The maximum atomic E-state index is 11.1. The molecule has 1 aromatic rings. The number of benzene rings is 1. The van der Waals surface area contributed by atoms with Crippen LogP contribution in [0.3, 0.4) is 0 Å². The molecule has 0 aliphatic carbocycles. The fraction of sp³-hybridized carbons (Fsp3) is 0.625. The van der Waals surface area contributed by atoms with E-state index in [0.717, 1.165) is 36.9 Å². The van der Waals surface area contributed by atoms with Crippen molar-refractivity contribution in [1.29, 1.82) is 0 Å². The molecule has 21 heavy (non-hydrogen) atoms. The predicted molar refractivity (Wildman–Crippen MR) is 87.1 cm³/mol. The van der Waals surface area contributed by atoms with Crippen LogP contribution >= 0.6 is 0 Å². The molecule has 1 heterocycles. The molecule has 2 rings (SSSR count). The summed E-state index contributed by atoms with van der Waals surface area (Å²) in [5.41, 5.74) is 1.96. The first-order valence-corrected chi connectivity index (χ1v) is 7.92. The first-order chi connectivity index (χ1) is 10.1. The second-order valence-corrected chi connectivity index (χ2v) is 5.74. The molecule has 0 atom stereocenters. The van der Waals surface area contributed by atoms with Crippen LogP contribution in [0.4, 0.5) is 17.1 Å². The van der Waals surface area contributed by atoms with E-state index < -0.39 is 0 Å². The van der Waals surface area contributed by atoms with E-state index in [4.69, 9.17) is 0 Å². The number of hydrogen-bond donors (Lipinski definition) is 1. The van der Waals surface area contributed by atoms with Gasteiger partial charge < -0.3 is 10.2 Å². The summed E-state index contributed by atoms with van der Waals surface area (Å²) in [7, 11) is 0. The van der Waals surface area contributed by atoms with Crippen LogP contribution in [0.1, 0.15) is 39.5 Å². The Bertz CT molecular complexity index is 482. The molecular formula is C16H25N3O2. The number of hydrogen-bond acceptors (Lipinski definition) is 4. The Hall–Kier alpha value is -1.78. The van der Waals surface area contributed by atoms with E-state index in [9.17, 15) is 10.1 Å². The molecule has 0 unspecified atom stereocenters. The lowest BCUT2D eigenvalue weighted by atomic mass is 9.92. The summed E-state index contributed by atoms with van der Waals surface area (Å²) in [5, 5.41) is 14.3. The summed E-state index contributed by atoms with van der Waals surface area (Å²) in [6.07, 6.45) is 4.91. The fourth-order valence-electron chi connectivity index (χ4n) is 3.08. The van der Waals surface area contributed by atoms with Crippen molar-refractivity contribution in [2.45, 2.75) is 39.5 Å². The zero-order valence-electron chi connectivity index (χ0n) is 13.0. The van der Waals surface area contributed by atoms with Gasteiger partial charge in [-0.1, -0.05) is 19.8 Å². The van der Waals surface area contributed by atoms with Gasteiger partial charge in [0.1, 0.15) is 0 Å². The van der Waals surface area contributed by atoms with Gasteiger partial charge in [0.2, 0.25) is 0 Å². The van der Waals surface area contributed by atoms with Gasteiger partial charge in [-0.05, 0) is 31.7 Å². The van der Waals surface area contributed by atoms with E-state index in [1.807, 2.05) is 13.0 Å². The summed E-state index contributed by atoms with van der Waals surface area (Å²) in [5.74, 6) is 0.818. The van der Waals surface area contributed by atoms with Crippen LogP contribution in [-0.2, 0) is 0 Å². The molecule has 0 saturated carbocycles. The van der Waals surface area contributed by atoms with E-state index in [1.54, 1.807) is 12.1 Å². The number of piperidine rings is 1. The van der Waals surface area contributed by atoms with Crippen molar-refractivity contribution < 1.29 is 4.92 Å². The number of nitro benzene ring substituents is 1. The summed E-state index contributed by atoms with van der Waals surface area (Å²) in [6, 6.07) is 5.33. The molecule has 1 fully saturated rings. The van der Waals surface area contributed by atoms with Crippen molar-refractivity contribution in [1.82, 2.24) is 0 Å². The number of non-ortho nitro benzene ring substituents is 1. The van der Waals surface area contributed by atoms with Crippen LogP contribution in [0.5, 0.6) is 0 Å². The highest BCUT2D eigenvalue weighted by Gasteiger charge is 2.20. The first-order valence-electron chi connectivity index (χ1n) is 7.92. The van der Waals surface area contributed by atoms with Gasteiger partial charge in [-0.25, -0.2) is 0 Å². The van der Waals surface area contributed by atoms with Crippen molar-refractivity contribution in [2.75, 3.05) is 29.9 Å². The zero-order valence-corrected chi connectivity index (χ0v) is 13.0. The molecule has 5 nitrogen and oxygen atoms in total. The third-order valence-corrected chi connectivity index (χ3v) is 4.17. The van der Waals surface area contributed by atoms with E-state index in [2.05, 4.69) is 17.1 Å². The Labute approximate surface area is 126 Å². The monoisotopic (exact) mass is 291 g/mol. The van der Waals surface area contributed by atoms with Gasteiger partial charge in [0, 0.05) is 43.1 Å². The summed E-state index contributed by atoms with van der Waals surface area (Å²) in [4.78, 5) is 13.1. The zero-order chi connectivity index (χ0) is 15.2. The Balaban J connectivity index is 2.13. The quantitative estimate of drug-likeness (QED) is 0.634. The molecule has 1 N–H and O–H groups in total. The smallest absolute Gasteiger partial charge is 0.273 e. The SMILES string of the molecule is CCCC1CCN(c2cc(NCC)cc([N+](=O)[O-])c2)CC1. The van der Waals surface area contributed by atoms with Gasteiger partial charge in [0.15, 0.2) is 0 Å². The highest BCUT2D eigenvalue weighted by Crippen LogP contribution is 2.31. The number of nitro groups is 1. The topological polar surface area (TPSA) is 58.4 Å². The molecule has 1 aromatic carbocycles. The average molecular weight is 291 g/mol. The van der Waals surface area contributed by atoms with Crippen molar-refractivity contribution >= 4 is 17.1 Å². The Morgan fingerprint density at radius 1 is 1.29 bits per heavy atom. The van der Waals surface area contributed by atoms with Crippen LogP contribution in [0.25, 0.3) is 0 Å². The highest BCUT2D eigenvalue weighted by atomic mass is 16.6. The van der Waals surface area contributed by atoms with Crippen molar-refractivity contribution in [3.05, 3.63) is 28.3 Å². The van der Waals surface area contributed by atoms with Gasteiger partial charge in [-0.15, -0.1) is 0 Å². The van der Waals surface area contributed by atoms with E-state index in [-0.39, 0.29) is 10.6 Å². The number of nitrogens with one attached hydrogen (secondary N) is 1. The van der Waals surface area contributed by atoms with Crippen LogP contribution in [0.2, 0.25) is 0 Å². The molecule has 5 heteroatoms. The minimum Gasteiger partial charge on any atom is -0.385 e. The third-order valence-electron chi connectivity index (χ3n) is 4.17. The Morgan fingerprint density at radius 3 is 2.57 bits per heavy atom. The van der Waals surface area contributed by atoms with Crippen LogP contribution in [0, 0.1) is 16.0 Å². The van der Waals surface area contributed by atoms with Crippen molar-refractivity contribution in [2.24, 2.45) is 5.92 Å². The molecule has 1 saturated heterocycles. The maximum Gasteiger partial charge on any atom is 0.273 e. The fourth-order valence-corrected chi connectivity index (χ4v) is 3.08. The summed E-state index contributed by atoms with van der Waals surface area (Å²) in [6.45, 7) is 6.98. The normalized spacial score (nSPS) is 16.0. The van der Waals surface area contributed by atoms with E-state index in [0.29, 0.717) is 0 Å². The number of anilines is 2. The molecule has 1 aliphatic rings. The van der Waals surface area contributed by atoms with Crippen LogP contribution < -0.4 is 10.2 Å². The molecule has 0 spiro atoms.